The van der Waals surface area contributed by atoms with Gasteiger partial charge in [0.25, 0.3) is 0 Å². The highest BCUT2D eigenvalue weighted by Crippen LogP contribution is 2.28. The van der Waals surface area contributed by atoms with E-state index in [1.807, 2.05) is 30.7 Å². The Hall–Kier alpha value is -3.33. The molecule has 0 fully saturated rings. The fourth-order valence-corrected chi connectivity index (χ4v) is 3.67. The van der Waals surface area contributed by atoms with E-state index in [4.69, 9.17) is 0 Å². The molecule has 4 heterocycles. The van der Waals surface area contributed by atoms with Crippen LogP contribution in [-0.2, 0) is 11.3 Å². The van der Waals surface area contributed by atoms with Crippen LogP contribution < -0.4 is 5.32 Å². The summed E-state index contributed by atoms with van der Waals surface area (Å²) in [4.78, 5) is 25.3. The van der Waals surface area contributed by atoms with Crippen LogP contribution in [0.3, 0.4) is 0 Å². The van der Waals surface area contributed by atoms with Crippen molar-refractivity contribution >= 4 is 22.9 Å². The highest BCUT2D eigenvalue weighted by Gasteiger charge is 2.15. The number of nitrogens with zero attached hydrogens (tertiary/aromatic N) is 6. The fraction of sp³-hybridized carbons (Fsp3) is 0.211. The Kier molecular flexibility index (Phi) is 4.74. The normalized spacial score (nSPS) is 11.0. The lowest BCUT2D eigenvalue weighted by Gasteiger charge is -2.10. The van der Waals surface area contributed by atoms with Crippen LogP contribution in [-0.4, -0.2) is 35.2 Å². The topological polar surface area (TPSA) is 90.5 Å². The summed E-state index contributed by atoms with van der Waals surface area (Å²) in [5.74, 6) is 0.522. The Labute approximate surface area is 165 Å². The van der Waals surface area contributed by atoms with Gasteiger partial charge in [-0.25, -0.2) is 19.6 Å². The third-order valence-corrected chi connectivity index (χ3v) is 5.23. The first kappa shape index (κ1) is 18.1. The number of nitrogens with one attached hydrogen (secondary N) is 1. The van der Waals surface area contributed by atoms with Crippen LogP contribution in [0.15, 0.2) is 42.4 Å². The summed E-state index contributed by atoms with van der Waals surface area (Å²) in [6.45, 7) is 6.23. The Morgan fingerprint density at radius 3 is 2.75 bits per heavy atom. The summed E-state index contributed by atoms with van der Waals surface area (Å²) in [7, 11) is 0. The van der Waals surface area contributed by atoms with Gasteiger partial charge in [-0.2, -0.15) is 5.10 Å². The Balaban J connectivity index is 1.47. The predicted molar refractivity (Wildman–Crippen MR) is 108 cm³/mol. The molecule has 0 radical (unpaired) electrons. The zero-order valence-corrected chi connectivity index (χ0v) is 16.6. The van der Waals surface area contributed by atoms with Crippen molar-refractivity contribution < 1.29 is 4.79 Å². The minimum atomic E-state index is -0.113. The molecule has 28 heavy (non-hydrogen) atoms. The lowest BCUT2D eigenvalue weighted by molar-refractivity contribution is -0.116. The number of hydrogen-bond acceptors (Lipinski definition) is 6. The maximum absolute atomic E-state index is 12.5. The van der Waals surface area contributed by atoms with Crippen LogP contribution in [0.4, 0.5) is 5.69 Å². The highest BCUT2D eigenvalue weighted by molar-refractivity contribution is 7.09. The first-order valence-electron chi connectivity index (χ1n) is 8.71. The van der Waals surface area contributed by atoms with Crippen molar-refractivity contribution in [3.05, 3.63) is 58.8 Å². The average molecular weight is 393 g/mol. The number of pyridine rings is 1. The molecule has 0 aliphatic rings. The zero-order chi connectivity index (χ0) is 19.7. The number of aryl methyl sites for hydroxylation is 2. The van der Waals surface area contributed by atoms with Crippen LogP contribution in [0.25, 0.3) is 17.1 Å². The van der Waals surface area contributed by atoms with Gasteiger partial charge >= 0.3 is 0 Å². The molecule has 4 rings (SSSR count). The van der Waals surface area contributed by atoms with Gasteiger partial charge in [0.15, 0.2) is 5.82 Å². The van der Waals surface area contributed by atoms with Gasteiger partial charge < -0.3 is 9.88 Å². The van der Waals surface area contributed by atoms with Crippen LogP contribution >= 0.6 is 11.3 Å². The summed E-state index contributed by atoms with van der Waals surface area (Å²) in [6, 6.07) is 5.64. The smallest absolute Gasteiger partial charge is 0.244 e. The number of carbonyl (C=O) groups is 1. The van der Waals surface area contributed by atoms with Crippen LogP contribution in [0.1, 0.15) is 16.4 Å². The standard InChI is InChI=1S/C19H19N7OS/c1-12-6-16(17-9-28-14(3)23-17)13(2)25(12)8-19(27)24-15-4-5-18(21-7-15)26-11-20-10-22-26/h4-7,9-11H,8H2,1-3H3,(H,24,27). The highest BCUT2D eigenvalue weighted by atomic mass is 32.1. The second-order valence-electron chi connectivity index (χ2n) is 6.42. The Morgan fingerprint density at radius 1 is 1.25 bits per heavy atom. The first-order chi connectivity index (χ1) is 13.5. The van der Waals surface area contributed by atoms with Gasteiger partial charge in [-0.15, -0.1) is 11.3 Å². The SMILES string of the molecule is Cc1nc(-c2cc(C)n(CC(=O)Nc3ccc(-n4cncn4)nc3)c2C)cs1. The van der Waals surface area contributed by atoms with Crippen LogP contribution in [0, 0.1) is 20.8 Å². The molecule has 0 unspecified atom stereocenters. The molecule has 0 aromatic carbocycles. The molecule has 9 heteroatoms. The van der Waals surface area contributed by atoms with Crippen molar-refractivity contribution in [2.45, 2.75) is 27.3 Å². The van der Waals surface area contributed by atoms with E-state index in [-0.39, 0.29) is 12.5 Å². The van der Waals surface area contributed by atoms with E-state index in [9.17, 15) is 4.79 Å². The fourth-order valence-electron chi connectivity index (χ4n) is 3.06. The van der Waals surface area contributed by atoms with Crippen molar-refractivity contribution in [1.29, 1.82) is 0 Å². The second kappa shape index (κ2) is 7.35. The van der Waals surface area contributed by atoms with Gasteiger partial charge in [0.05, 0.1) is 22.6 Å². The minimum absolute atomic E-state index is 0.113. The molecular weight excluding hydrogens is 374 g/mol. The summed E-state index contributed by atoms with van der Waals surface area (Å²) >= 11 is 1.62. The number of thiazole rings is 1. The predicted octanol–water partition coefficient (Wildman–Crippen LogP) is 3.15. The van der Waals surface area contributed by atoms with Gasteiger partial charge in [0.1, 0.15) is 19.2 Å². The molecule has 0 atom stereocenters. The van der Waals surface area contributed by atoms with Gasteiger partial charge in [-0.1, -0.05) is 0 Å². The van der Waals surface area contributed by atoms with Crippen molar-refractivity contribution in [3.63, 3.8) is 0 Å². The summed E-state index contributed by atoms with van der Waals surface area (Å²) in [5, 5.41) is 9.99. The summed E-state index contributed by atoms with van der Waals surface area (Å²) in [5.41, 5.74) is 4.70. The van der Waals surface area contributed by atoms with Crippen molar-refractivity contribution in [1.82, 2.24) is 29.3 Å². The van der Waals surface area contributed by atoms with Crippen molar-refractivity contribution in [2.24, 2.45) is 0 Å². The van der Waals surface area contributed by atoms with E-state index < -0.39 is 0 Å². The third kappa shape index (κ3) is 3.56. The molecule has 142 valence electrons. The summed E-state index contributed by atoms with van der Waals surface area (Å²) in [6.07, 6.45) is 4.62. The van der Waals surface area contributed by atoms with Crippen LogP contribution in [0.2, 0.25) is 0 Å². The molecule has 1 N–H and O–H groups in total. The van der Waals surface area contributed by atoms with Crippen molar-refractivity contribution in [2.75, 3.05) is 5.32 Å². The van der Waals surface area contributed by atoms with Gasteiger partial charge in [-0.05, 0) is 39.0 Å². The molecule has 0 bridgehead atoms. The number of anilines is 1. The van der Waals surface area contributed by atoms with E-state index in [0.717, 1.165) is 27.7 Å². The Morgan fingerprint density at radius 2 is 2.11 bits per heavy atom. The molecule has 4 aromatic heterocycles. The van der Waals surface area contributed by atoms with Gasteiger partial charge in [0.2, 0.25) is 5.91 Å². The Bertz CT molecular complexity index is 1110. The number of hydrogen-bond donors (Lipinski definition) is 1. The zero-order valence-electron chi connectivity index (χ0n) is 15.7. The number of rotatable bonds is 5. The number of aromatic nitrogens is 6. The average Bonchev–Trinajstić information content (AvgIpc) is 3.40. The lowest BCUT2D eigenvalue weighted by atomic mass is 10.2. The lowest BCUT2D eigenvalue weighted by Crippen LogP contribution is -2.20. The molecule has 0 aliphatic heterocycles. The molecule has 1 amide bonds. The number of carbonyl (C=O) groups excluding carboxylic acids is 1. The molecule has 0 spiro atoms. The van der Waals surface area contributed by atoms with Gasteiger partial charge in [0, 0.05) is 22.3 Å². The quantitative estimate of drug-likeness (QED) is 0.562. The van der Waals surface area contributed by atoms with E-state index in [1.54, 1.807) is 40.7 Å². The minimum Gasteiger partial charge on any atom is -0.339 e. The van der Waals surface area contributed by atoms with E-state index in [0.29, 0.717) is 11.5 Å². The second-order valence-corrected chi connectivity index (χ2v) is 7.48. The molecular formula is C19H19N7OS. The van der Waals surface area contributed by atoms with Crippen LogP contribution in [0.5, 0.6) is 0 Å². The number of amides is 1. The van der Waals surface area contributed by atoms with Crippen molar-refractivity contribution in [3.8, 4) is 17.1 Å². The monoisotopic (exact) mass is 393 g/mol. The van der Waals surface area contributed by atoms with E-state index in [1.165, 1.54) is 6.33 Å². The molecule has 0 saturated carbocycles. The largest absolute Gasteiger partial charge is 0.339 e. The maximum atomic E-state index is 12.5. The third-order valence-electron chi connectivity index (χ3n) is 4.46. The van der Waals surface area contributed by atoms with Gasteiger partial charge in [-0.3, -0.25) is 4.79 Å². The van der Waals surface area contributed by atoms with E-state index >= 15 is 0 Å². The maximum Gasteiger partial charge on any atom is 0.244 e. The summed E-state index contributed by atoms with van der Waals surface area (Å²) < 4.78 is 3.55. The van der Waals surface area contributed by atoms with E-state index in [2.05, 4.69) is 31.4 Å². The first-order valence-corrected chi connectivity index (χ1v) is 9.59. The molecule has 0 saturated heterocycles. The molecule has 4 aromatic rings. The molecule has 8 nitrogen and oxygen atoms in total. The molecule has 0 aliphatic carbocycles.